The van der Waals surface area contributed by atoms with Gasteiger partial charge in [0, 0.05) is 25.8 Å². The fourth-order valence-corrected chi connectivity index (χ4v) is 1.88. The van der Waals surface area contributed by atoms with E-state index in [1.807, 2.05) is 0 Å². The number of carboxylic acid groups (broad SMARTS) is 1. The fraction of sp³-hybridized carbons (Fsp3) is 0.364. The van der Waals surface area contributed by atoms with Crippen molar-refractivity contribution in [3.05, 3.63) is 24.0 Å². The van der Waals surface area contributed by atoms with E-state index in [0.29, 0.717) is 13.1 Å². The molecule has 0 aromatic carbocycles. The SMILES string of the molecule is O=C(O)C1CNCCN1C(=O)c1cncc(O)c1. The summed E-state index contributed by atoms with van der Waals surface area (Å²) < 4.78 is 0. The maximum absolute atomic E-state index is 12.2. The highest BCUT2D eigenvalue weighted by Gasteiger charge is 2.32. The van der Waals surface area contributed by atoms with Crippen LogP contribution in [0.4, 0.5) is 0 Å². The van der Waals surface area contributed by atoms with Crippen molar-refractivity contribution in [2.75, 3.05) is 19.6 Å². The maximum atomic E-state index is 12.2. The summed E-state index contributed by atoms with van der Waals surface area (Å²) in [6.45, 7) is 1.07. The number of hydrogen-bond acceptors (Lipinski definition) is 5. The molecule has 1 fully saturated rings. The van der Waals surface area contributed by atoms with Gasteiger partial charge in [-0.2, -0.15) is 0 Å². The molecule has 18 heavy (non-hydrogen) atoms. The van der Waals surface area contributed by atoms with Gasteiger partial charge < -0.3 is 20.4 Å². The van der Waals surface area contributed by atoms with E-state index in [2.05, 4.69) is 10.3 Å². The molecule has 1 aromatic rings. The van der Waals surface area contributed by atoms with Crippen molar-refractivity contribution in [1.29, 1.82) is 0 Å². The molecule has 96 valence electrons. The second-order valence-corrected chi connectivity index (χ2v) is 3.99. The van der Waals surface area contributed by atoms with Crippen LogP contribution in [0.5, 0.6) is 5.75 Å². The molecule has 1 aliphatic heterocycles. The monoisotopic (exact) mass is 251 g/mol. The molecule has 0 bridgehead atoms. The summed E-state index contributed by atoms with van der Waals surface area (Å²) in [5.41, 5.74) is 0.183. The number of rotatable bonds is 2. The summed E-state index contributed by atoms with van der Waals surface area (Å²) in [5, 5.41) is 21.3. The van der Waals surface area contributed by atoms with Crippen LogP contribution in [0.1, 0.15) is 10.4 Å². The lowest BCUT2D eigenvalue weighted by atomic mass is 10.1. The average Bonchev–Trinajstić information content (AvgIpc) is 2.38. The first kappa shape index (κ1) is 12.3. The number of aromatic hydroxyl groups is 1. The average molecular weight is 251 g/mol. The number of carbonyl (C=O) groups excluding carboxylic acids is 1. The minimum absolute atomic E-state index is 0.122. The van der Waals surface area contributed by atoms with Crippen LogP contribution in [-0.4, -0.2) is 57.6 Å². The van der Waals surface area contributed by atoms with Crippen LogP contribution in [0.3, 0.4) is 0 Å². The Morgan fingerprint density at radius 2 is 2.22 bits per heavy atom. The molecule has 1 saturated heterocycles. The van der Waals surface area contributed by atoms with Crippen LogP contribution < -0.4 is 5.32 Å². The molecule has 7 heteroatoms. The summed E-state index contributed by atoms with van der Waals surface area (Å²) >= 11 is 0. The number of nitrogens with zero attached hydrogens (tertiary/aromatic N) is 2. The third kappa shape index (κ3) is 2.40. The second-order valence-electron chi connectivity index (χ2n) is 3.99. The molecular weight excluding hydrogens is 238 g/mol. The number of aliphatic carboxylic acids is 1. The largest absolute Gasteiger partial charge is 0.506 e. The van der Waals surface area contributed by atoms with Gasteiger partial charge in [0.25, 0.3) is 5.91 Å². The number of pyridine rings is 1. The lowest BCUT2D eigenvalue weighted by molar-refractivity contribution is -0.142. The van der Waals surface area contributed by atoms with E-state index in [1.165, 1.54) is 23.4 Å². The highest BCUT2D eigenvalue weighted by Crippen LogP contribution is 2.14. The van der Waals surface area contributed by atoms with E-state index < -0.39 is 17.9 Å². The Labute approximate surface area is 103 Å². The highest BCUT2D eigenvalue weighted by molar-refractivity contribution is 5.96. The predicted molar refractivity (Wildman–Crippen MR) is 61.2 cm³/mol. The summed E-state index contributed by atoms with van der Waals surface area (Å²) in [7, 11) is 0. The third-order valence-electron chi connectivity index (χ3n) is 2.76. The van der Waals surface area contributed by atoms with Crippen LogP contribution in [-0.2, 0) is 4.79 Å². The minimum atomic E-state index is -1.05. The Bertz CT molecular complexity index is 477. The molecule has 1 amide bonds. The summed E-state index contributed by atoms with van der Waals surface area (Å²) in [4.78, 5) is 28.2. The molecule has 0 radical (unpaired) electrons. The molecule has 0 aliphatic carbocycles. The number of piperazine rings is 1. The lowest BCUT2D eigenvalue weighted by Gasteiger charge is -2.33. The van der Waals surface area contributed by atoms with Gasteiger partial charge in [-0.05, 0) is 6.07 Å². The zero-order valence-electron chi connectivity index (χ0n) is 9.54. The molecule has 7 nitrogen and oxygen atoms in total. The van der Waals surface area contributed by atoms with E-state index in [-0.39, 0.29) is 17.9 Å². The maximum Gasteiger partial charge on any atom is 0.327 e. The van der Waals surface area contributed by atoms with Crippen LogP contribution >= 0.6 is 0 Å². The van der Waals surface area contributed by atoms with Gasteiger partial charge in [-0.1, -0.05) is 0 Å². The Morgan fingerprint density at radius 1 is 1.44 bits per heavy atom. The standard InChI is InChI=1S/C11H13N3O4/c15-8-3-7(4-13-5-8)10(16)14-2-1-12-6-9(14)11(17)18/h3-5,9,12,15H,1-2,6H2,(H,17,18). The van der Waals surface area contributed by atoms with Crippen molar-refractivity contribution >= 4 is 11.9 Å². The van der Waals surface area contributed by atoms with Crippen molar-refractivity contribution in [3.8, 4) is 5.75 Å². The minimum Gasteiger partial charge on any atom is -0.506 e. The summed E-state index contributed by atoms with van der Waals surface area (Å²) in [6, 6.07) is 0.379. The van der Waals surface area contributed by atoms with Crippen molar-refractivity contribution in [2.24, 2.45) is 0 Å². The topological polar surface area (TPSA) is 103 Å². The van der Waals surface area contributed by atoms with Gasteiger partial charge in [0.15, 0.2) is 0 Å². The quantitative estimate of drug-likeness (QED) is 0.641. The Kier molecular flexibility index (Phi) is 3.42. The van der Waals surface area contributed by atoms with Gasteiger partial charge in [-0.25, -0.2) is 4.79 Å². The zero-order chi connectivity index (χ0) is 13.1. The number of carbonyl (C=O) groups is 2. The molecule has 2 rings (SSSR count). The molecule has 2 heterocycles. The van der Waals surface area contributed by atoms with Crippen LogP contribution in [0, 0.1) is 0 Å². The molecule has 1 atom stereocenters. The number of aromatic nitrogens is 1. The van der Waals surface area contributed by atoms with E-state index in [4.69, 9.17) is 5.11 Å². The molecular formula is C11H13N3O4. The second kappa shape index (κ2) is 5.01. The molecule has 0 spiro atoms. The predicted octanol–water partition coefficient (Wildman–Crippen LogP) is -0.714. The van der Waals surface area contributed by atoms with Crippen LogP contribution in [0.25, 0.3) is 0 Å². The first-order valence-electron chi connectivity index (χ1n) is 5.48. The van der Waals surface area contributed by atoms with Crippen molar-refractivity contribution < 1.29 is 19.8 Å². The molecule has 3 N–H and O–H groups in total. The molecule has 1 unspecified atom stereocenters. The summed E-state index contributed by atoms with van der Waals surface area (Å²) in [6.07, 6.45) is 2.52. The number of hydrogen-bond donors (Lipinski definition) is 3. The normalized spacial score (nSPS) is 19.6. The van der Waals surface area contributed by atoms with Crippen molar-refractivity contribution in [3.63, 3.8) is 0 Å². The number of amides is 1. The van der Waals surface area contributed by atoms with E-state index in [9.17, 15) is 14.7 Å². The smallest absolute Gasteiger partial charge is 0.327 e. The van der Waals surface area contributed by atoms with Gasteiger partial charge in [-0.15, -0.1) is 0 Å². The Balaban J connectivity index is 2.23. The zero-order valence-corrected chi connectivity index (χ0v) is 9.54. The van der Waals surface area contributed by atoms with Crippen molar-refractivity contribution in [1.82, 2.24) is 15.2 Å². The van der Waals surface area contributed by atoms with Gasteiger partial charge in [-0.3, -0.25) is 9.78 Å². The van der Waals surface area contributed by atoms with Crippen molar-refractivity contribution in [2.45, 2.75) is 6.04 Å². The Morgan fingerprint density at radius 3 is 2.89 bits per heavy atom. The molecule has 1 aliphatic rings. The lowest BCUT2D eigenvalue weighted by Crippen LogP contribution is -2.56. The highest BCUT2D eigenvalue weighted by atomic mass is 16.4. The first-order valence-corrected chi connectivity index (χ1v) is 5.48. The van der Waals surface area contributed by atoms with E-state index >= 15 is 0 Å². The van der Waals surface area contributed by atoms with E-state index in [1.54, 1.807) is 0 Å². The third-order valence-corrected chi connectivity index (χ3v) is 2.76. The first-order chi connectivity index (χ1) is 8.59. The Hall–Kier alpha value is -2.15. The molecule has 0 saturated carbocycles. The number of nitrogens with one attached hydrogen (secondary N) is 1. The summed E-state index contributed by atoms with van der Waals surface area (Å²) in [5.74, 6) is -1.61. The van der Waals surface area contributed by atoms with Gasteiger partial charge in [0.2, 0.25) is 0 Å². The van der Waals surface area contributed by atoms with Gasteiger partial charge in [0.05, 0.1) is 11.8 Å². The number of carboxylic acids is 1. The fourth-order valence-electron chi connectivity index (χ4n) is 1.88. The molecule has 1 aromatic heterocycles. The van der Waals surface area contributed by atoms with E-state index in [0.717, 1.165) is 0 Å². The van der Waals surface area contributed by atoms with Crippen LogP contribution in [0.15, 0.2) is 18.5 Å². The van der Waals surface area contributed by atoms with Gasteiger partial charge in [0.1, 0.15) is 11.8 Å². The van der Waals surface area contributed by atoms with Gasteiger partial charge >= 0.3 is 5.97 Å². The van der Waals surface area contributed by atoms with Crippen LogP contribution in [0.2, 0.25) is 0 Å².